The number of fused-ring (bicyclic) bond motifs is 1. The second kappa shape index (κ2) is 4.99. The fourth-order valence-corrected chi connectivity index (χ4v) is 3.58. The van der Waals surface area contributed by atoms with Gasteiger partial charge in [0.2, 0.25) is 0 Å². The summed E-state index contributed by atoms with van der Waals surface area (Å²) < 4.78 is 0. The van der Waals surface area contributed by atoms with Gasteiger partial charge in [-0.05, 0) is 49.3 Å². The zero-order valence-corrected chi connectivity index (χ0v) is 10.9. The van der Waals surface area contributed by atoms with Crippen molar-refractivity contribution in [2.24, 2.45) is 5.92 Å². The van der Waals surface area contributed by atoms with Crippen molar-refractivity contribution < 1.29 is 0 Å². The molecule has 3 atom stereocenters. The smallest absolute Gasteiger partial charge is 0.0339 e. The minimum Gasteiger partial charge on any atom is -0.316 e. The lowest BCUT2D eigenvalue weighted by molar-refractivity contribution is 0.457. The van der Waals surface area contributed by atoms with Gasteiger partial charge in [0.1, 0.15) is 0 Å². The Hall–Kier alpha value is -0.530. The summed E-state index contributed by atoms with van der Waals surface area (Å²) >= 11 is 6.13. The molecule has 1 fully saturated rings. The monoisotopic (exact) mass is 249 g/mol. The Balaban J connectivity index is 1.42. The number of halogens is 1. The maximum absolute atomic E-state index is 6.13. The molecule has 3 rings (SSSR count). The van der Waals surface area contributed by atoms with Crippen LogP contribution in [0.1, 0.15) is 36.3 Å². The normalized spacial score (nSPS) is 31.0. The first-order chi connectivity index (χ1) is 8.33. The van der Waals surface area contributed by atoms with Gasteiger partial charge in [-0.2, -0.15) is 0 Å². The molecule has 3 unspecified atom stereocenters. The Bertz CT molecular complexity index is 390. The molecule has 0 aliphatic heterocycles. The van der Waals surface area contributed by atoms with Crippen LogP contribution in [0.5, 0.6) is 0 Å². The fourth-order valence-electron chi connectivity index (χ4n) is 3.21. The van der Waals surface area contributed by atoms with E-state index in [2.05, 4.69) is 29.6 Å². The lowest BCUT2D eigenvalue weighted by atomic mass is 9.77. The van der Waals surface area contributed by atoms with E-state index in [1.165, 1.54) is 25.7 Å². The molecule has 0 spiro atoms. The molecule has 2 aliphatic carbocycles. The standard InChI is InChI=1S/C15H20ClN/c16-14-6-5-11(7-14)9-17-10-13-8-12-3-1-2-4-15(12)13/h1-4,11,13-14,17H,5-10H2. The lowest BCUT2D eigenvalue weighted by Crippen LogP contribution is -2.31. The van der Waals surface area contributed by atoms with Crippen molar-refractivity contribution in [2.45, 2.75) is 37.0 Å². The third-order valence-corrected chi connectivity index (χ3v) is 4.66. The van der Waals surface area contributed by atoms with E-state index in [1.54, 1.807) is 11.1 Å². The van der Waals surface area contributed by atoms with Crippen LogP contribution in [0, 0.1) is 5.92 Å². The highest BCUT2D eigenvalue weighted by molar-refractivity contribution is 6.20. The van der Waals surface area contributed by atoms with Crippen LogP contribution in [-0.2, 0) is 6.42 Å². The first-order valence-corrected chi connectivity index (χ1v) is 7.19. The average Bonchev–Trinajstić information content (AvgIpc) is 2.71. The summed E-state index contributed by atoms with van der Waals surface area (Å²) in [6, 6.07) is 8.82. The number of alkyl halides is 1. The molecule has 92 valence electrons. The first-order valence-electron chi connectivity index (χ1n) is 6.75. The Labute approximate surface area is 109 Å². The fraction of sp³-hybridized carbons (Fsp3) is 0.600. The maximum Gasteiger partial charge on any atom is 0.0339 e. The molecule has 0 radical (unpaired) electrons. The van der Waals surface area contributed by atoms with Gasteiger partial charge in [0.25, 0.3) is 0 Å². The molecule has 2 heteroatoms. The molecule has 1 N–H and O–H groups in total. The maximum atomic E-state index is 6.13. The average molecular weight is 250 g/mol. The van der Waals surface area contributed by atoms with Gasteiger partial charge in [0, 0.05) is 17.8 Å². The molecule has 17 heavy (non-hydrogen) atoms. The molecule has 1 nitrogen and oxygen atoms in total. The highest BCUT2D eigenvalue weighted by Gasteiger charge is 2.26. The van der Waals surface area contributed by atoms with Crippen molar-refractivity contribution in [2.75, 3.05) is 13.1 Å². The zero-order valence-electron chi connectivity index (χ0n) is 10.2. The number of nitrogens with one attached hydrogen (secondary N) is 1. The van der Waals surface area contributed by atoms with Gasteiger partial charge in [-0.1, -0.05) is 24.3 Å². The van der Waals surface area contributed by atoms with E-state index in [-0.39, 0.29) is 0 Å². The van der Waals surface area contributed by atoms with Gasteiger partial charge >= 0.3 is 0 Å². The van der Waals surface area contributed by atoms with Gasteiger partial charge in [-0.25, -0.2) is 0 Å². The van der Waals surface area contributed by atoms with Crippen LogP contribution in [0.2, 0.25) is 0 Å². The summed E-state index contributed by atoms with van der Waals surface area (Å²) in [6.45, 7) is 2.29. The van der Waals surface area contributed by atoms with Gasteiger partial charge in [0.15, 0.2) is 0 Å². The minimum atomic E-state index is 0.436. The number of rotatable bonds is 4. The summed E-state index contributed by atoms with van der Waals surface area (Å²) in [5.41, 5.74) is 3.10. The highest BCUT2D eigenvalue weighted by Crippen LogP contribution is 2.34. The molecule has 2 aliphatic rings. The second-order valence-electron chi connectivity index (χ2n) is 5.53. The van der Waals surface area contributed by atoms with Crippen LogP contribution >= 0.6 is 11.6 Å². The largest absolute Gasteiger partial charge is 0.316 e. The third-order valence-electron chi connectivity index (χ3n) is 4.26. The van der Waals surface area contributed by atoms with Crippen molar-refractivity contribution in [3.05, 3.63) is 35.4 Å². The highest BCUT2D eigenvalue weighted by atomic mass is 35.5. The SMILES string of the molecule is ClC1CCC(CNCC2Cc3ccccc32)C1. The number of hydrogen-bond donors (Lipinski definition) is 1. The second-order valence-corrected chi connectivity index (χ2v) is 6.15. The van der Waals surface area contributed by atoms with Crippen LogP contribution < -0.4 is 5.32 Å². The van der Waals surface area contributed by atoms with Crippen LogP contribution in [0.15, 0.2) is 24.3 Å². The molecule has 0 saturated heterocycles. The summed E-state index contributed by atoms with van der Waals surface area (Å²) in [6.07, 6.45) is 4.98. The Kier molecular flexibility index (Phi) is 3.39. The first kappa shape index (κ1) is 11.6. The molecule has 0 aromatic heterocycles. The molecule has 0 amide bonds. The summed E-state index contributed by atoms with van der Waals surface area (Å²) in [4.78, 5) is 0. The van der Waals surface area contributed by atoms with Crippen molar-refractivity contribution in [1.29, 1.82) is 0 Å². The van der Waals surface area contributed by atoms with E-state index in [0.29, 0.717) is 5.38 Å². The number of hydrogen-bond acceptors (Lipinski definition) is 1. The van der Waals surface area contributed by atoms with Crippen LogP contribution in [0.25, 0.3) is 0 Å². The van der Waals surface area contributed by atoms with Crippen LogP contribution in [0.4, 0.5) is 0 Å². The van der Waals surface area contributed by atoms with E-state index in [4.69, 9.17) is 11.6 Å². The van der Waals surface area contributed by atoms with E-state index < -0.39 is 0 Å². The number of benzene rings is 1. The van der Waals surface area contributed by atoms with E-state index in [1.807, 2.05) is 0 Å². The van der Waals surface area contributed by atoms with Gasteiger partial charge in [0.05, 0.1) is 0 Å². The summed E-state index contributed by atoms with van der Waals surface area (Å²) in [5, 5.41) is 4.07. The lowest BCUT2D eigenvalue weighted by Gasteiger charge is -2.30. The summed E-state index contributed by atoms with van der Waals surface area (Å²) in [5.74, 6) is 1.56. The topological polar surface area (TPSA) is 12.0 Å². The Morgan fingerprint density at radius 3 is 2.82 bits per heavy atom. The van der Waals surface area contributed by atoms with Crippen molar-refractivity contribution in [3.8, 4) is 0 Å². The van der Waals surface area contributed by atoms with Crippen molar-refractivity contribution in [3.63, 3.8) is 0 Å². The predicted octanol–water partition coefficient (Wildman–Crippen LogP) is 3.32. The van der Waals surface area contributed by atoms with Gasteiger partial charge < -0.3 is 5.32 Å². The van der Waals surface area contributed by atoms with Crippen LogP contribution in [0.3, 0.4) is 0 Å². The molecule has 0 heterocycles. The quantitative estimate of drug-likeness (QED) is 0.808. The third kappa shape index (κ3) is 2.51. The predicted molar refractivity (Wildman–Crippen MR) is 72.7 cm³/mol. The van der Waals surface area contributed by atoms with E-state index in [0.717, 1.165) is 24.9 Å². The van der Waals surface area contributed by atoms with Crippen molar-refractivity contribution >= 4 is 11.6 Å². The van der Waals surface area contributed by atoms with E-state index in [9.17, 15) is 0 Å². The van der Waals surface area contributed by atoms with E-state index >= 15 is 0 Å². The molecule has 0 bridgehead atoms. The Morgan fingerprint density at radius 2 is 2.06 bits per heavy atom. The van der Waals surface area contributed by atoms with Gasteiger partial charge in [-0.3, -0.25) is 0 Å². The Morgan fingerprint density at radius 1 is 1.18 bits per heavy atom. The molecule has 1 aromatic carbocycles. The summed E-state index contributed by atoms with van der Waals surface area (Å²) in [7, 11) is 0. The van der Waals surface area contributed by atoms with Crippen molar-refractivity contribution in [1.82, 2.24) is 5.32 Å². The molecular weight excluding hydrogens is 230 g/mol. The zero-order chi connectivity index (χ0) is 11.7. The molecular formula is C15H20ClN. The molecule has 1 saturated carbocycles. The van der Waals surface area contributed by atoms with Gasteiger partial charge in [-0.15, -0.1) is 11.6 Å². The molecule has 1 aromatic rings. The van der Waals surface area contributed by atoms with Crippen LogP contribution in [-0.4, -0.2) is 18.5 Å². The minimum absolute atomic E-state index is 0.436.